The number of halogens is 1. The average molecular weight is 562 g/mol. The summed E-state index contributed by atoms with van der Waals surface area (Å²) in [6.45, 7) is 8.41. The summed E-state index contributed by atoms with van der Waals surface area (Å²) in [6.07, 6.45) is 7.07. The molecule has 3 heterocycles. The van der Waals surface area contributed by atoms with E-state index in [2.05, 4.69) is 20.0 Å². The van der Waals surface area contributed by atoms with Gasteiger partial charge in [0, 0.05) is 44.1 Å². The normalized spacial score (nSPS) is 29.7. The molecule has 0 saturated heterocycles. The molecule has 0 aromatic rings. The predicted molar refractivity (Wildman–Crippen MR) is 150 cm³/mol. The number of dihydropyridines is 2. The molecule has 5 aliphatic rings. The van der Waals surface area contributed by atoms with E-state index in [9.17, 15) is 13.2 Å². The van der Waals surface area contributed by atoms with Crippen LogP contribution in [0.2, 0.25) is 0 Å². The highest BCUT2D eigenvalue weighted by Crippen LogP contribution is 2.58. The van der Waals surface area contributed by atoms with Crippen molar-refractivity contribution in [3.8, 4) is 0 Å². The smallest absolute Gasteiger partial charge is 0.237 e. The second kappa shape index (κ2) is 10.5. The molecule has 4 atom stereocenters. The average Bonchev–Trinajstić information content (AvgIpc) is 3.08. The highest BCUT2D eigenvalue weighted by Gasteiger charge is 2.58. The Morgan fingerprint density at radius 1 is 1.23 bits per heavy atom. The molecule has 0 aromatic carbocycles. The summed E-state index contributed by atoms with van der Waals surface area (Å²) in [5, 5.41) is 2.60. The molecule has 0 aromatic heterocycles. The van der Waals surface area contributed by atoms with E-state index < -0.39 is 32.8 Å². The Morgan fingerprint density at radius 3 is 2.62 bits per heavy atom. The fraction of sp³-hybridized carbons (Fsp3) is 0.679. The van der Waals surface area contributed by atoms with Gasteiger partial charge in [-0.2, -0.15) is 0 Å². The summed E-state index contributed by atoms with van der Waals surface area (Å²) in [6, 6.07) is 0.0414. The molecule has 39 heavy (non-hydrogen) atoms. The molecule has 214 valence electrons. The quantitative estimate of drug-likeness (QED) is 0.350. The third kappa shape index (κ3) is 4.96. The first kappa shape index (κ1) is 28.0. The molecule has 0 bridgehead atoms. The van der Waals surface area contributed by atoms with Crippen LogP contribution in [0.15, 0.2) is 44.7 Å². The number of allylic oxidation sites excluding steroid dienone is 1. The number of amides is 1. The maximum atomic E-state index is 15.7. The van der Waals surface area contributed by atoms with Gasteiger partial charge in [-0.05, 0) is 43.9 Å². The van der Waals surface area contributed by atoms with Crippen molar-refractivity contribution < 1.29 is 22.3 Å². The van der Waals surface area contributed by atoms with Crippen molar-refractivity contribution in [2.45, 2.75) is 76.9 Å². The fourth-order valence-corrected chi connectivity index (χ4v) is 6.96. The molecule has 1 fully saturated rings. The Hall–Kier alpha value is -2.53. The number of sulfonamides is 1. The number of carbonyl (C=O) groups is 1. The molecule has 2 N–H and O–H groups in total. The molecule has 1 amide bonds. The van der Waals surface area contributed by atoms with E-state index in [0.29, 0.717) is 18.7 Å². The molecule has 0 radical (unpaired) electrons. The van der Waals surface area contributed by atoms with Gasteiger partial charge in [-0.3, -0.25) is 14.5 Å². The highest BCUT2D eigenvalue weighted by molar-refractivity contribution is 7.90. The Balaban J connectivity index is 1.45. The number of aliphatic imine (C=N–C) groups is 2. The lowest BCUT2D eigenvalue weighted by Gasteiger charge is -2.44. The van der Waals surface area contributed by atoms with Crippen LogP contribution >= 0.6 is 0 Å². The van der Waals surface area contributed by atoms with Crippen LogP contribution in [0.5, 0.6) is 0 Å². The SMILES string of the molecule is CC(C)NCCOC1=NCC(C2=CC3C4=C(C=NC3CC2F)N(C)C(=O)C42CCC2)C=C1NS(=O)(=O)C(C)C. The van der Waals surface area contributed by atoms with Crippen molar-refractivity contribution in [1.29, 1.82) is 0 Å². The van der Waals surface area contributed by atoms with Crippen molar-refractivity contribution in [2.24, 2.45) is 27.2 Å². The zero-order valence-corrected chi connectivity index (χ0v) is 24.2. The first-order valence-corrected chi connectivity index (χ1v) is 15.6. The topological polar surface area (TPSA) is 112 Å². The third-order valence-corrected chi connectivity index (χ3v) is 10.4. The van der Waals surface area contributed by atoms with Gasteiger partial charge in [0.25, 0.3) is 0 Å². The number of rotatable bonds is 8. The van der Waals surface area contributed by atoms with E-state index in [1.807, 2.05) is 19.9 Å². The van der Waals surface area contributed by atoms with Crippen LogP contribution in [0.25, 0.3) is 0 Å². The van der Waals surface area contributed by atoms with Crippen LogP contribution < -0.4 is 10.0 Å². The van der Waals surface area contributed by atoms with Gasteiger partial charge in [0.2, 0.25) is 21.8 Å². The first-order valence-electron chi connectivity index (χ1n) is 14.0. The summed E-state index contributed by atoms with van der Waals surface area (Å²) >= 11 is 0. The van der Waals surface area contributed by atoms with Gasteiger partial charge in [0.05, 0.1) is 28.9 Å². The summed E-state index contributed by atoms with van der Waals surface area (Å²) < 4.78 is 49.8. The van der Waals surface area contributed by atoms with Crippen LogP contribution in [0, 0.1) is 17.3 Å². The second-order valence-electron chi connectivity index (χ2n) is 11.8. The Kier molecular flexibility index (Phi) is 7.52. The summed E-state index contributed by atoms with van der Waals surface area (Å²) in [4.78, 5) is 24.2. The fourth-order valence-electron chi connectivity index (χ4n) is 6.26. The molecule has 2 aliphatic carbocycles. The molecule has 3 aliphatic heterocycles. The zero-order chi connectivity index (χ0) is 28.1. The molecule has 1 spiro atoms. The van der Waals surface area contributed by atoms with Crippen molar-refractivity contribution in [2.75, 3.05) is 26.7 Å². The number of nitrogens with zero attached hydrogens (tertiary/aromatic N) is 3. The number of fused-ring (bicyclic) bond motifs is 3. The van der Waals surface area contributed by atoms with E-state index in [4.69, 9.17) is 4.74 Å². The van der Waals surface area contributed by atoms with Gasteiger partial charge >= 0.3 is 0 Å². The van der Waals surface area contributed by atoms with Crippen LogP contribution in [0.4, 0.5) is 4.39 Å². The number of carbonyl (C=O) groups excluding carboxylic acids is 1. The third-order valence-electron chi connectivity index (χ3n) is 8.62. The van der Waals surface area contributed by atoms with Gasteiger partial charge in [-0.25, -0.2) is 17.8 Å². The summed E-state index contributed by atoms with van der Waals surface area (Å²) in [5.74, 6) is -0.262. The number of nitrogens with one attached hydrogen (secondary N) is 2. The molecule has 9 nitrogen and oxygen atoms in total. The van der Waals surface area contributed by atoms with Crippen molar-refractivity contribution in [3.63, 3.8) is 0 Å². The minimum absolute atomic E-state index is 0.115. The monoisotopic (exact) mass is 561 g/mol. The van der Waals surface area contributed by atoms with E-state index >= 15 is 4.39 Å². The minimum Gasteiger partial charge on any atom is -0.475 e. The number of hydrogen-bond donors (Lipinski definition) is 2. The summed E-state index contributed by atoms with van der Waals surface area (Å²) in [7, 11) is -1.88. The Labute approximate surface area is 230 Å². The van der Waals surface area contributed by atoms with Gasteiger partial charge in [0.1, 0.15) is 18.5 Å². The van der Waals surface area contributed by atoms with E-state index in [-0.39, 0.29) is 48.5 Å². The number of alkyl halides is 1. The van der Waals surface area contributed by atoms with E-state index in [1.165, 1.54) is 0 Å². The molecule has 11 heteroatoms. The summed E-state index contributed by atoms with van der Waals surface area (Å²) in [5.41, 5.74) is 2.25. The van der Waals surface area contributed by atoms with Crippen molar-refractivity contribution in [3.05, 3.63) is 34.7 Å². The first-order chi connectivity index (χ1) is 18.4. The standard InChI is InChI=1S/C28H40FN5O4S/c1-16(2)30-9-10-38-26-23(33-39(36,37)17(3)4)11-18(14-32-26)19-12-20-22(13-21(19)29)31-15-24-25(20)28(7-6-8-28)27(35)34(24)5/h11-12,15-18,20-22,30,33H,6-10,13-14H2,1-5H3. The maximum Gasteiger partial charge on any atom is 0.237 e. The van der Waals surface area contributed by atoms with Gasteiger partial charge in [-0.1, -0.05) is 26.3 Å². The molecular weight excluding hydrogens is 521 g/mol. The minimum atomic E-state index is -3.67. The lowest BCUT2D eigenvalue weighted by atomic mass is 9.59. The van der Waals surface area contributed by atoms with E-state index in [0.717, 1.165) is 30.5 Å². The number of ether oxygens (including phenoxy) is 1. The Bertz CT molecular complexity index is 1280. The van der Waals surface area contributed by atoms with Crippen LogP contribution in [-0.2, 0) is 19.6 Å². The predicted octanol–water partition coefficient (Wildman–Crippen LogP) is 2.87. The van der Waals surface area contributed by atoms with Gasteiger partial charge < -0.3 is 15.0 Å². The van der Waals surface area contributed by atoms with Crippen LogP contribution in [-0.4, -0.2) is 81.6 Å². The van der Waals surface area contributed by atoms with E-state index in [1.54, 1.807) is 38.1 Å². The van der Waals surface area contributed by atoms with Gasteiger partial charge in [0.15, 0.2) is 0 Å². The zero-order valence-electron chi connectivity index (χ0n) is 23.4. The maximum absolute atomic E-state index is 15.7. The number of hydrogen-bond acceptors (Lipinski definition) is 7. The second-order valence-corrected chi connectivity index (χ2v) is 14.1. The van der Waals surface area contributed by atoms with Gasteiger partial charge in [-0.15, -0.1) is 0 Å². The Morgan fingerprint density at radius 2 is 1.97 bits per heavy atom. The lowest BCUT2D eigenvalue weighted by Crippen LogP contribution is -2.44. The van der Waals surface area contributed by atoms with Crippen LogP contribution in [0.1, 0.15) is 53.4 Å². The molecule has 4 unspecified atom stereocenters. The molecule has 5 rings (SSSR count). The largest absolute Gasteiger partial charge is 0.475 e. The molecule has 1 saturated carbocycles. The van der Waals surface area contributed by atoms with Crippen molar-refractivity contribution >= 4 is 28.0 Å². The molecular formula is C28H40FN5O4S. The lowest BCUT2D eigenvalue weighted by molar-refractivity contribution is -0.138. The van der Waals surface area contributed by atoms with Crippen molar-refractivity contribution in [1.82, 2.24) is 14.9 Å². The van der Waals surface area contributed by atoms with Crippen LogP contribution in [0.3, 0.4) is 0 Å². The highest BCUT2D eigenvalue weighted by atomic mass is 32.2.